The Kier molecular flexibility index (Phi) is 4.77. The minimum Gasteiger partial charge on any atom is -0.450 e. The van der Waals surface area contributed by atoms with Gasteiger partial charge in [-0.3, -0.25) is 0 Å². The van der Waals surface area contributed by atoms with Crippen LogP contribution < -0.4 is 0 Å². The van der Waals surface area contributed by atoms with E-state index < -0.39 is 11.1 Å². The van der Waals surface area contributed by atoms with Gasteiger partial charge in [-0.05, 0) is 59.4 Å². The number of rotatable bonds is 4. The minimum absolute atomic E-state index is 0.605. The second-order valence-corrected chi connectivity index (χ2v) is 6.67. The first kappa shape index (κ1) is 13.5. The molecule has 1 aliphatic rings. The smallest absolute Gasteiger partial charge is 0.450 e. The van der Waals surface area contributed by atoms with Crippen LogP contribution in [0.25, 0.3) is 0 Å². The number of ether oxygens (including phenoxy) is 1. The average molecular weight is 285 g/mol. The molecule has 4 nitrogen and oxygen atoms in total. The van der Waals surface area contributed by atoms with Crippen LogP contribution in [0.1, 0.15) is 32.1 Å². The van der Waals surface area contributed by atoms with E-state index in [1.54, 1.807) is 6.20 Å². The van der Waals surface area contributed by atoms with E-state index in [0.29, 0.717) is 0 Å². The van der Waals surface area contributed by atoms with Crippen LogP contribution in [-0.2, 0) is 4.74 Å². The molecule has 0 bridgehead atoms. The lowest BCUT2D eigenvalue weighted by atomic mass is 9.97. The minimum atomic E-state index is -1.19. The molecule has 0 aromatic carbocycles. The van der Waals surface area contributed by atoms with E-state index in [9.17, 15) is 4.79 Å². The molecule has 1 heterocycles. The predicted molar refractivity (Wildman–Crippen MR) is 72.6 cm³/mol. The maximum Gasteiger partial charge on any atom is 0.507 e. The molecule has 98 valence electrons. The number of nitrogens with zero attached hydrogens (tertiary/aromatic N) is 1. The molecule has 1 aliphatic carbocycles. The van der Waals surface area contributed by atoms with Gasteiger partial charge in [0.05, 0.1) is 0 Å². The van der Waals surface area contributed by atoms with Crippen molar-refractivity contribution < 1.29 is 14.6 Å². The van der Waals surface area contributed by atoms with Crippen LogP contribution in [0.4, 0.5) is 4.79 Å². The lowest BCUT2D eigenvalue weighted by Gasteiger charge is -2.34. The molecule has 0 spiro atoms. The Hall–Kier alpha value is -0.880. The molecular weight excluding hydrogens is 270 g/mol. The van der Waals surface area contributed by atoms with Gasteiger partial charge in [0.1, 0.15) is 5.03 Å². The summed E-state index contributed by atoms with van der Waals surface area (Å²) < 4.78 is 5.13. The van der Waals surface area contributed by atoms with Gasteiger partial charge in [0.2, 0.25) is 0 Å². The lowest BCUT2D eigenvalue weighted by Crippen LogP contribution is -2.32. The van der Waals surface area contributed by atoms with Crippen molar-refractivity contribution in [1.29, 1.82) is 0 Å². The zero-order valence-electron chi connectivity index (χ0n) is 9.87. The highest BCUT2D eigenvalue weighted by molar-refractivity contribution is 8.77. The zero-order chi connectivity index (χ0) is 12.8. The predicted octanol–water partition coefficient (Wildman–Crippen LogP) is 4.18. The number of hydrogen-bond acceptors (Lipinski definition) is 5. The molecule has 2 rings (SSSR count). The number of carbonyl (C=O) groups is 1. The summed E-state index contributed by atoms with van der Waals surface area (Å²) in [5, 5.41) is 9.74. The first-order valence-corrected chi connectivity index (χ1v) is 8.04. The Balaban J connectivity index is 1.99. The molecule has 0 atom stereocenters. The van der Waals surface area contributed by atoms with Crippen LogP contribution in [0.2, 0.25) is 0 Å². The SMILES string of the molecule is O=C(O)OC1(SSc2ccccn2)CCCCC1. The molecule has 0 unspecified atom stereocenters. The van der Waals surface area contributed by atoms with Crippen LogP contribution in [0.5, 0.6) is 0 Å². The van der Waals surface area contributed by atoms with Crippen molar-refractivity contribution in [3.05, 3.63) is 24.4 Å². The molecule has 0 saturated heterocycles. The fraction of sp³-hybridized carbons (Fsp3) is 0.500. The molecule has 1 N–H and O–H groups in total. The highest BCUT2D eigenvalue weighted by atomic mass is 33.1. The topological polar surface area (TPSA) is 59.4 Å². The summed E-state index contributed by atoms with van der Waals surface area (Å²) in [4.78, 5) is 14.4. The van der Waals surface area contributed by atoms with E-state index in [-0.39, 0.29) is 0 Å². The van der Waals surface area contributed by atoms with E-state index in [0.717, 1.165) is 37.1 Å². The fourth-order valence-electron chi connectivity index (χ4n) is 1.97. The monoisotopic (exact) mass is 285 g/mol. The van der Waals surface area contributed by atoms with Gasteiger partial charge < -0.3 is 9.84 Å². The Labute approximate surface area is 114 Å². The molecule has 1 fully saturated rings. The second-order valence-electron chi connectivity index (χ2n) is 4.17. The van der Waals surface area contributed by atoms with Crippen molar-refractivity contribution in [2.24, 2.45) is 0 Å². The summed E-state index contributed by atoms with van der Waals surface area (Å²) in [5.74, 6) is 0. The molecule has 1 saturated carbocycles. The maximum atomic E-state index is 10.8. The molecule has 1 aromatic heterocycles. The third kappa shape index (κ3) is 3.81. The maximum absolute atomic E-state index is 10.8. The van der Waals surface area contributed by atoms with Crippen LogP contribution >= 0.6 is 21.6 Å². The Morgan fingerprint density at radius 2 is 2.11 bits per heavy atom. The van der Waals surface area contributed by atoms with Gasteiger partial charge in [0.25, 0.3) is 0 Å². The van der Waals surface area contributed by atoms with Gasteiger partial charge in [-0.25, -0.2) is 9.78 Å². The summed E-state index contributed by atoms with van der Waals surface area (Å²) in [5.41, 5.74) is 0. The molecule has 6 heteroatoms. The summed E-state index contributed by atoms with van der Waals surface area (Å²) in [6.07, 6.45) is 5.29. The number of aromatic nitrogens is 1. The Morgan fingerprint density at radius 3 is 2.72 bits per heavy atom. The van der Waals surface area contributed by atoms with Crippen LogP contribution in [0.15, 0.2) is 29.4 Å². The third-order valence-electron chi connectivity index (χ3n) is 2.81. The van der Waals surface area contributed by atoms with Crippen molar-refractivity contribution in [1.82, 2.24) is 4.98 Å². The van der Waals surface area contributed by atoms with Crippen LogP contribution in [0.3, 0.4) is 0 Å². The number of hydrogen-bond donors (Lipinski definition) is 1. The molecule has 1 aromatic rings. The van der Waals surface area contributed by atoms with Gasteiger partial charge in [0.15, 0.2) is 4.93 Å². The van der Waals surface area contributed by atoms with Gasteiger partial charge in [-0.1, -0.05) is 12.5 Å². The number of carboxylic acid groups (broad SMARTS) is 1. The van der Waals surface area contributed by atoms with Crippen LogP contribution in [-0.4, -0.2) is 21.2 Å². The van der Waals surface area contributed by atoms with E-state index in [4.69, 9.17) is 9.84 Å². The largest absolute Gasteiger partial charge is 0.507 e. The molecule has 0 amide bonds. The van der Waals surface area contributed by atoms with Crippen molar-refractivity contribution in [3.8, 4) is 0 Å². The van der Waals surface area contributed by atoms with E-state index in [1.165, 1.54) is 21.6 Å². The van der Waals surface area contributed by atoms with Crippen LogP contribution in [0, 0.1) is 0 Å². The second kappa shape index (κ2) is 6.33. The Morgan fingerprint density at radius 1 is 1.33 bits per heavy atom. The first-order chi connectivity index (χ1) is 8.70. The van der Waals surface area contributed by atoms with E-state index in [2.05, 4.69) is 4.98 Å². The fourth-order valence-corrected chi connectivity index (χ4v) is 4.61. The quantitative estimate of drug-likeness (QED) is 0.509. The summed E-state index contributed by atoms with van der Waals surface area (Å²) in [7, 11) is 2.96. The average Bonchev–Trinajstić information content (AvgIpc) is 2.38. The number of pyridine rings is 1. The van der Waals surface area contributed by atoms with E-state index >= 15 is 0 Å². The Bertz CT molecular complexity index is 394. The summed E-state index contributed by atoms with van der Waals surface area (Å²) in [6, 6.07) is 5.69. The summed E-state index contributed by atoms with van der Waals surface area (Å²) in [6.45, 7) is 0. The first-order valence-electron chi connectivity index (χ1n) is 5.89. The highest BCUT2D eigenvalue weighted by Gasteiger charge is 2.37. The van der Waals surface area contributed by atoms with Crippen molar-refractivity contribution >= 4 is 27.7 Å². The molecular formula is C12H15NO3S2. The van der Waals surface area contributed by atoms with E-state index in [1.807, 2.05) is 18.2 Å². The molecule has 18 heavy (non-hydrogen) atoms. The molecule has 0 aliphatic heterocycles. The van der Waals surface area contributed by atoms with Gasteiger partial charge in [-0.2, -0.15) is 0 Å². The van der Waals surface area contributed by atoms with Crippen molar-refractivity contribution in [2.45, 2.75) is 42.1 Å². The summed E-state index contributed by atoms with van der Waals surface area (Å²) >= 11 is 0. The standard InChI is InChI=1S/C12H15NO3S2/c14-11(15)16-12(7-3-1-4-8-12)18-17-10-6-2-5-9-13-10/h2,5-6,9H,1,3-4,7-8H2,(H,14,15). The van der Waals surface area contributed by atoms with Crippen molar-refractivity contribution in [2.75, 3.05) is 0 Å². The molecule has 0 radical (unpaired) electrons. The zero-order valence-corrected chi connectivity index (χ0v) is 11.5. The van der Waals surface area contributed by atoms with Gasteiger partial charge >= 0.3 is 6.16 Å². The van der Waals surface area contributed by atoms with Crippen molar-refractivity contribution in [3.63, 3.8) is 0 Å². The highest BCUT2D eigenvalue weighted by Crippen LogP contribution is 2.48. The van der Waals surface area contributed by atoms with Gasteiger partial charge in [0, 0.05) is 6.20 Å². The lowest BCUT2D eigenvalue weighted by molar-refractivity contribution is 0.0171. The normalized spacial score (nSPS) is 18.2. The van der Waals surface area contributed by atoms with Gasteiger partial charge in [-0.15, -0.1) is 0 Å². The third-order valence-corrected chi connectivity index (χ3v) is 5.77.